The van der Waals surface area contributed by atoms with Gasteiger partial charge in [-0.25, -0.2) is 19.6 Å². The van der Waals surface area contributed by atoms with E-state index in [1.165, 1.54) is 30.9 Å². The molecule has 0 spiro atoms. The van der Waals surface area contributed by atoms with Crippen molar-refractivity contribution in [2.24, 2.45) is 23.7 Å². The Labute approximate surface area is 417 Å². The van der Waals surface area contributed by atoms with Crippen molar-refractivity contribution in [1.82, 2.24) is 40.4 Å². The minimum atomic E-state index is -0.705. The zero-order valence-electron chi connectivity index (χ0n) is 43.0. The predicted molar refractivity (Wildman–Crippen MR) is 274 cm³/mol. The number of amides is 4. The number of methoxy groups -OCH3 is 2. The number of imidazole rings is 2. The van der Waals surface area contributed by atoms with Gasteiger partial charge in [0.2, 0.25) is 11.8 Å². The van der Waals surface area contributed by atoms with Crippen LogP contribution >= 0.6 is 0 Å². The van der Waals surface area contributed by atoms with Crippen LogP contribution in [0.1, 0.15) is 165 Å². The summed E-state index contributed by atoms with van der Waals surface area (Å²) in [4.78, 5) is 78.2. The van der Waals surface area contributed by atoms with Gasteiger partial charge >= 0.3 is 12.2 Å². The number of alkyl carbamates (subject to hydrolysis) is 2. The number of carbonyl (C=O) groups excluding carboxylic acids is 4. The molecule has 10 rings (SSSR count). The molecule has 2 aliphatic carbocycles. The highest BCUT2D eigenvalue weighted by Crippen LogP contribution is 2.51. The molecule has 4 amide bonds. The Morgan fingerprint density at radius 2 is 1.04 bits per heavy atom. The number of nitrogens with one attached hydrogen (secondary N) is 4. The summed E-state index contributed by atoms with van der Waals surface area (Å²) in [5.74, 6) is 1.96. The van der Waals surface area contributed by atoms with Crippen LogP contribution in [0.4, 0.5) is 15.3 Å². The molecule has 10 atom stereocenters. The Morgan fingerprint density at radius 1 is 0.606 bits per heavy atom. The number of aromatic amines is 2. The number of hydrogen-bond acceptors (Lipinski definition) is 9. The first-order chi connectivity index (χ1) is 34.0. The molecule has 3 aromatic carbocycles. The van der Waals surface area contributed by atoms with Crippen LogP contribution in [0.5, 0.6) is 0 Å². The summed E-state index contributed by atoms with van der Waals surface area (Å²) in [6.45, 7) is 14.6. The topological polar surface area (TPSA) is 178 Å². The molecule has 2 aromatic heterocycles. The predicted octanol–water partition coefficient (Wildman–Crippen LogP) is 10.5. The van der Waals surface area contributed by atoms with Crippen molar-refractivity contribution in [3.8, 4) is 0 Å². The van der Waals surface area contributed by atoms with E-state index in [1.807, 2.05) is 37.5 Å². The fourth-order valence-corrected chi connectivity index (χ4v) is 13.2. The van der Waals surface area contributed by atoms with Gasteiger partial charge in [0.15, 0.2) is 0 Å². The second-order valence-corrected chi connectivity index (χ2v) is 22.8. The van der Waals surface area contributed by atoms with Gasteiger partial charge in [0, 0.05) is 17.8 Å². The average Bonchev–Trinajstić information content (AvgIpc) is 4.21. The molecule has 5 fully saturated rings. The minimum Gasteiger partial charge on any atom is -0.453 e. The van der Waals surface area contributed by atoms with Gasteiger partial charge < -0.3 is 44.8 Å². The van der Waals surface area contributed by atoms with E-state index in [2.05, 4.69) is 107 Å². The fourth-order valence-electron chi connectivity index (χ4n) is 13.2. The summed E-state index contributed by atoms with van der Waals surface area (Å²) < 4.78 is 9.86. The van der Waals surface area contributed by atoms with Crippen LogP contribution in [0.3, 0.4) is 0 Å². The first-order valence-corrected chi connectivity index (χ1v) is 26.2. The molecule has 15 heteroatoms. The smallest absolute Gasteiger partial charge is 0.407 e. The lowest BCUT2D eigenvalue weighted by molar-refractivity contribution is -0.138. The SMILES string of the molecule is COC(=O)N[C@H](C(=O)N1C(c2nc3ccc([C@H]4CCC(c5ccc6nc([C@@H]7C[C@@H]8CCC[C@@H]8N7C(=O)[C@@H](NC(=O)OC)C(C)C)[nH]c6c5)N4c4ccc(C(C)(C)C)cc4)cc3[nH]2)C[C@@H]2CCC[C@@H]21)C(C)C. The Hall–Kier alpha value is -6.12. The molecule has 0 radical (unpaired) electrons. The van der Waals surface area contributed by atoms with Crippen LogP contribution in [-0.2, 0) is 24.5 Å². The standard InChI is InChI=1S/C56H73N9O6/c1-30(2)48(61-54(68)70-8)52(66)64-42-14-10-12-32(42)28-46(64)50-57-38-22-16-34(26-40(38)59-50)44-24-25-45(63(44)37-20-18-36(19-21-37)56(5,6)7)35-17-23-39-41(27-35)60-51(58-39)47-29-33-13-11-15-43(33)65(47)53(67)49(31(3)4)62-55(69)71-9/h16-23,26-27,30-33,42-49H,10-15,24-25,28-29H2,1-9H3,(H,57,59)(H,58,60)(H,61,68)(H,62,69)/t32-,33-,42-,43-,44+,45?,46?,47-,48-,49-/m0/s1. The van der Waals surface area contributed by atoms with Gasteiger partial charge in [-0.3, -0.25) is 9.59 Å². The number of carbonyl (C=O) groups is 4. The summed E-state index contributed by atoms with van der Waals surface area (Å²) >= 11 is 0. The monoisotopic (exact) mass is 968 g/mol. The molecule has 5 heterocycles. The summed E-state index contributed by atoms with van der Waals surface area (Å²) in [6.07, 6.45) is 8.54. The molecular formula is C56H73N9O6. The number of aromatic nitrogens is 4. The Bertz CT molecular complexity index is 2630. The zero-order chi connectivity index (χ0) is 50.0. The van der Waals surface area contributed by atoms with Crippen LogP contribution < -0.4 is 15.5 Å². The van der Waals surface area contributed by atoms with Gasteiger partial charge in [0.1, 0.15) is 23.7 Å². The van der Waals surface area contributed by atoms with E-state index in [-0.39, 0.29) is 65.3 Å². The number of fused-ring (bicyclic) bond motifs is 4. The van der Waals surface area contributed by atoms with E-state index in [4.69, 9.17) is 19.4 Å². The van der Waals surface area contributed by atoms with Crippen LogP contribution in [-0.4, -0.2) is 92.1 Å². The van der Waals surface area contributed by atoms with E-state index in [0.29, 0.717) is 11.8 Å². The van der Waals surface area contributed by atoms with Crippen molar-refractivity contribution in [1.29, 1.82) is 0 Å². The summed E-state index contributed by atoms with van der Waals surface area (Å²) in [5.41, 5.74) is 8.43. The molecule has 2 saturated carbocycles. The van der Waals surface area contributed by atoms with Gasteiger partial charge in [-0.2, -0.15) is 0 Å². The van der Waals surface area contributed by atoms with E-state index < -0.39 is 24.3 Å². The summed E-state index contributed by atoms with van der Waals surface area (Å²) in [6, 6.07) is 20.8. The van der Waals surface area contributed by atoms with Crippen molar-refractivity contribution in [3.05, 3.63) is 89.0 Å². The van der Waals surface area contributed by atoms with Crippen molar-refractivity contribution in [2.75, 3.05) is 19.1 Å². The third-order valence-electron chi connectivity index (χ3n) is 16.8. The van der Waals surface area contributed by atoms with Gasteiger partial charge in [-0.1, -0.05) is 85.6 Å². The van der Waals surface area contributed by atoms with Crippen LogP contribution in [0.2, 0.25) is 0 Å². The molecule has 3 aliphatic heterocycles. The number of likely N-dealkylation sites (tertiary alicyclic amines) is 2. The molecule has 0 bridgehead atoms. The van der Waals surface area contributed by atoms with Crippen LogP contribution in [0, 0.1) is 23.7 Å². The molecule has 15 nitrogen and oxygen atoms in total. The van der Waals surface area contributed by atoms with E-state index >= 15 is 0 Å². The van der Waals surface area contributed by atoms with E-state index in [0.717, 1.165) is 104 Å². The Morgan fingerprint density at radius 3 is 1.44 bits per heavy atom. The number of benzene rings is 3. The maximum absolute atomic E-state index is 14.5. The highest BCUT2D eigenvalue weighted by Gasteiger charge is 2.51. The first kappa shape index (κ1) is 48.5. The average molecular weight is 968 g/mol. The normalized spacial score (nSPS) is 26.1. The molecule has 4 N–H and O–H groups in total. The highest BCUT2D eigenvalue weighted by molar-refractivity contribution is 5.88. The third kappa shape index (κ3) is 9.00. The molecular weight excluding hydrogens is 895 g/mol. The number of H-pyrrole nitrogens is 2. The number of nitrogens with zero attached hydrogens (tertiary/aromatic N) is 5. The highest BCUT2D eigenvalue weighted by atomic mass is 16.5. The lowest BCUT2D eigenvalue weighted by atomic mass is 9.87. The van der Waals surface area contributed by atoms with Gasteiger partial charge in [-0.15, -0.1) is 0 Å². The van der Waals surface area contributed by atoms with Crippen LogP contribution in [0.25, 0.3) is 22.1 Å². The quantitative estimate of drug-likeness (QED) is 0.100. The Kier molecular flexibility index (Phi) is 13.1. The number of hydrogen-bond donors (Lipinski definition) is 4. The minimum absolute atomic E-state index is 0.00646. The summed E-state index contributed by atoms with van der Waals surface area (Å²) in [7, 11) is 2.65. The number of ether oxygens (including phenoxy) is 2. The second-order valence-electron chi connectivity index (χ2n) is 22.8. The van der Waals surface area contributed by atoms with Gasteiger partial charge in [-0.05, 0) is 134 Å². The lowest BCUT2D eigenvalue weighted by Gasteiger charge is -2.34. The first-order valence-electron chi connectivity index (χ1n) is 26.2. The molecule has 71 heavy (non-hydrogen) atoms. The molecule has 2 unspecified atom stereocenters. The van der Waals surface area contributed by atoms with Crippen molar-refractivity contribution < 1.29 is 28.7 Å². The van der Waals surface area contributed by atoms with E-state index in [9.17, 15) is 19.2 Å². The molecule has 5 aromatic rings. The summed E-state index contributed by atoms with van der Waals surface area (Å²) in [5, 5.41) is 5.66. The van der Waals surface area contributed by atoms with Crippen LogP contribution in [0.15, 0.2) is 60.7 Å². The zero-order valence-corrected chi connectivity index (χ0v) is 43.0. The van der Waals surface area contributed by atoms with Crippen molar-refractivity contribution in [2.45, 2.75) is 166 Å². The Balaban J connectivity index is 0.963. The van der Waals surface area contributed by atoms with E-state index in [1.54, 1.807) is 0 Å². The lowest BCUT2D eigenvalue weighted by Crippen LogP contribution is -2.53. The number of anilines is 1. The van der Waals surface area contributed by atoms with Gasteiger partial charge in [0.25, 0.3) is 0 Å². The third-order valence-corrected chi connectivity index (χ3v) is 16.8. The number of rotatable bonds is 11. The maximum Gasteiger partial charge on any atom is 0.407 e. The maximum atomic E-state index is 14.5. The van der Waals surface area contributed by atoms with Gasteiger partial charge in [0.05, 0.1) is 60.5 Å². The molecule has 3 saturated heterocycles. The van der Waals surface area contributed by atoms with Crippen molar-refractivity contribution in [3.63, 3.8) is 0 Å². The second kappa shape index (κ2) is 19.1. The van der Waals surface area contributed by atoms with Crippen molar-refractivity contribution >= 4 is 51.8 Å². The molecule has 5 aliphatic rings. The molecule has 378 valence electrons. The largest absolute Gasteiger partial charge is 0.453 e. The fraction of sp³-hybridized carbons (Fsp3) is 0.571.